The standard InChI is InChI=1S/C22H26N4O3/c27-20(28)22-10-4-5-16(22)13-25(14-22)21(29)23-19-12-17(11-15-8-9-15)24-26(19)18-6-2-1-3-7-18/h1-3,6-7,12,15-16H,4-5,8-11,13-14H2,(H,23,29)(H,27,28)/t16-,22+/m0/s1. The third-order valence-corrected chi connectivity index (χ3v) is 6.77. The molecule has 2 heterocycles. The first-order chi connectivity index (χ1) is 14.0. The maximum absolute atomic E-state index is 13.0. The SMILES string of the molecule is O=C(Nc1cc(CC2CC2)nn1-c1ccccc1)N1C[C@@H]2CCC[C@@]2(C(=O)O)C1. The third kappa shape index (κ3) is 3.28. The van der Waals surface area contributed by atoms with Crippen LogP contribution < -0.4 is 5.32 Å². The van der Waals surface area contributed by atoms with E-state index in [1.165, 1.54) is 12.8 Å². The van der Waals surface area contributed by atoms with E-state index in [0.29, 0.717) is 24.7 Å². The van der Waals surface area contributed by atoms with Gasteiger partial charge in [-0.1, -0.05) is 24.6 Å². The molecule has 7 nitrogen and oxygen atoms in total. The van der Waals surface area contributed by atoms with Crippen LogP contribution in [0.5, 0.6) is 0 Å². The Kier molecular flexibility index (Phi) is 4.33. The van der Waals surface area contributed by atoms with Gasteiger partial charge in [0.15, 0.2) is 0 Å². The van der Waals surface area contributed by atoms with E-state index >= 15 is 0 Å². The summed E-state index contributed by atoms with van der Waals surface area (Å²) in [5.74, 6) is 0.621. The van der Waals surface area contributed by atoms with Crippen molar-refractivity contribution in [3.63, 3.8) is 0 Å². The molecule has 2 aliphatic carbocycles. The molecule has 152 valence electrons. The predicted octanol–water partition coefficient (Wildman–Crippen LogP) is 3.54. The minimum Gasteiger partial charge on any atom is -0.481 e. The fraction of sp³-hybridized carbons (Fsp3) is 0.500. The van der Waals surface area contributed by atoms with E-state index in [1.807, 2.05) is 36.4 Å². The molecule has 7 heteroatoms. The van der Waals surface area contributed by atoms with Gasteiger partial charge >= 0.3 is 12.0 Å². The zero-order valence-corrected chi connectivity index (χ0v) is 16.4. The number of urea groups is 1. The normalized spacial score (nSPS) is 25.8. The highest BCUT2D eigenvalue weighted by molar-refractivity contribution is 5.90. The van der Waals surface area contributed by atoms with Gasteiger partial charge in [-0.2, -0.15) is 5.10 Å². The number of hydrogen-bond donors (Lipinski definition) is 2. The van der Waals surface area contributed by atoms with Gasteiger partial charge in [0, 0.05) is 19.2 Å². The van der Waals surface area contributed by atoms with Crippen LogP contribution in [0.1, 0.15) is 37.8 Å². The van der Waals surface area contributed by atoms with Crippen LogP contribution in [0.15, 0.2) is 36.4 Å². The van der Waals surface area contributed by atoms with Crippen molar-refractivity contribution in [1.82, 2.24) is 14.7 Å². The second-order valence-electron chi connectivity index (χ2n) is 8.78. The van der Waals surface area contributed by atoms with Crippen LogP contribution in [0, 0.1) is 17.3 Å². The first-order valence-corrected chi connectivity index (χ1v) is 10.5. The second kappa shape index (κ2) is 6.90. The number of nitrogens with one attached hydrogen (secondary N) is 1. The van der Waals surface area contributed by atoms with Crippen LogP contribution in [0.25, 0.3) is 5.69 Å². The van der Waals surface area contributed by atoms with E-state index in [2.05, 4.69) is 5.32 Å². The highest BCUT2D eigenvalue weighted by atomic mass is 16.4. The van der Waals surface area contributed by atoms with Crippen LogP contribution >= 0.6 is 0 Å². The summed E-state index contributed by atoms with van der Waals surface area (Å²) in [4.78, 5) is 26.6. The number of anilines is 1. The summed E-state index contributed by atoms with van der Waals surface area (Å²) < 4.78 is 1.78. The Bertz CT molecular complexity index is 937. The number of rotatable bonds is 5. The number of carbonyl (C=O) groups excluding carboxylic acids is 1. The predicted molar refractivity (Wildman–Crippen MR) is 108 cm³/mol. The average Bonchev–Trinajstić information content (AvgIpc) is 3.12. The molecule has 2 amide bonds. The topological polar surface area (TPSA) is 87.5 Å². The van der Waals surface area contributed by atoms with E-state index < -0.39 is 11.4 Å². The smallest absolute Gasteiger partial charge is 0.323 e. The van der Waals surface area contributed by atoms with Gasteiger partial charge in [0.05, 0.1) is 16.8 Å². The lowest BCUT2D eigenvalue weighted by atomic mass is 9.81. The number of nitrogens with zero attached hydrogens (tertiary/aromatic N) is 3. The molecule has 0 unspecified atom stereocenters. The van der Waals surface area contributed by atoms with E-state index in [4.69, 9.17) is 5.10 Å². The minimum absolute atomic E-state index is 0.0511. The molecule has 2 atom stereocenters. The van der Waals surface area contributed by atoms with Gasteiger partial charge in [-0.05, 0) is 56.1 Å². The highest BCUT2D eigenvalue weighted by Crippen LogP contribution is 2.49. The first kappa shape index (κ1) is 18.2. The summed E-state index contributed by atoms with van der Waals surface area (Å²) in [6.07, 6.45) is 5.88. The molecule has 0 bridgehead atoms. The molecule has 2 N–H and O–H groups in total. The van der Waals surface area contributed by atoms with Gasteiger partial charge in [0.1, 0.15) is 5.82 Å². The number of benzene rings is 1. The van der Waals surface area contributed by atoms with Crippen molar-refractivity contribution >= 4 is 17.8 Å². The van der Waals surface area contributed by atoms with Crippen molar-refractivity contribution < 1.29 is 14.7 Å². The van der Waals surface area contributed by atoms with E-state index in [0.717, 1.165) is 30.6 Å². The van der Waals surface area contributed by atoms with Crippen LogP contribution in [-0.2, 0) is 11.2 Å². The van der Waals surface area contributed by atoms with Gasteiger partial charge in [-0.3, -0.25) is 10.1 Å². The van der Waals surface area contributed by atoms with Crippen LogP contribution in [0.3, 0.4) is 0 Å². The number of likely N-dealkylation sites (tertiary alicyclic amines) is 1. The second-order valence-corrected chi connectivity index (χ2v) is 8.78. The Hall–Kier alpha value is -2.83. The Morgan fingerprint density at radius 3 is 2.69 bits per heavy atom. The lowest BCUT2D eigenvalue weighted by molar-refractivity contribution is -0.149. The Morgan fingerprint density at radius 1 is 1.21 bits per heavy atom. The zero-order valence-electron chi connectivity index (χ0n) is 16.4. The van der Waals surface area contributed by atoms with Gasteiger partial charge < -0.3 is 10.0 Å². The number of carboxylic acid groups (broad SMARTS) is 1. The lowest BCUT2D eigenvalue weighted by Crippen LogP contribution is -2.39. The Balaban J connectivity index is 1.38. The average molecular weight is 394 g/mol. The Morgan fingerprint density at radius 2 is 2.00 bits per heavy atom. The maximum Gasteiger partial charge on any atom is 0.323 e. The van der Waals surface area contributed by atoms with Crippen LogP contribution in [-0.4, -0.2) is 44.9 Å². The summed E-state index contributed by atoms with van der Waals surface area (Å²) >= 11 is 0. The molecular formula is C22H26N4O3. The molecule has 29 heavy (non-hydrogen) atoms. The van der Waals surface area contributed by atoms with Crippen molar-refractivity contribution in [2.24, 2.45) is 17.3 Å². The van der Waals surface area contributed by atoms with Crippen molar-refractivity contribution in [2.45, 2.75) is 38.5 Å². The molecule has 3 fully saturated rings. The third-order valence-electron chi connectivity index (χ3n) is 6.77. The number of aromatic nitrogens is 2. The minimum atomic E-state index is -0.770. The number of aliphatic carboxylic acids is 1. The van der Waals surface area contributed by atoms with E-state index in [-0.39, 0.29) is 18.5 Å². The molecule has 0 radical (unpaired) electrons. The van der Waals surface area contributed by atoms with E-state index in [1.54, 1.807) is 9.58 Å². The number of para-hydroxylation sites is 1. The largest absolute Gasteiger partial charge is 0.481 e. The van der Waals surface area contributed by atoms with Crippen molar-refractivity contribution in [2.75, 3.05) is 18.4 Å². The highest BCUT2D eigenvalue weighted by Gasteiger charge is 2.55. The number of amides is 2. The monoisotopic (exact) mass is 394 g/mol. The zero-order chi connectivity index (χ0) is 20.0. The molecule has 2 aromatic rings. The number of hydrogen-bond acceptors (Lipinski definition) is 3. The van der Waals surface area contributed by atoms with Gasteiger partial charge in [0.25, 0.3) is 0 Å². The molecule has 5 rings (SSSR count). The van der Waals surface area contributed by atoms with Gasteiger partial charge in [-0.25, -0.2) is 9.48 Å². The van der Waals surface area contributed by atoms with E-state index in [9.17, 15) is 14.7 Å². The summed E-state index contributed by atoms with van der Waals surface area (Å²) in [5.41, 5.74) is 1.10. The number of fused-ring (bicyclic) bond motifs is 1. The molecule has 1 aliphatic heterocycles. The molecule has 0 spiro atoms. The van der Waals surface area contributed by atoms with Crippen LogP contribution in [0.4, 0.5) is 10.6 Å². The maximum atomic E-state index is 13.0. The summed E-state index contributed by atoms with van der Waals surface area (Å²) in [6.45, 7) is 0.791. The fourth-order valence-electron chi connectivity index (χ4n) is 4.98. The molecule has 2 saturated carbocycles. The fourth-order valence-corrected chi connectivity index (χ4v) is 4.98. The van der Waals surface area contributed by atoms with Gasteiger partial charge in [-0.15, -0.1) is 0 Å². The molecule has 1 saturated heterocycles. The lowest BCUT2D eigenvalue weighted by Gasteiger charge is -2.23. The van der Waals surface area contributed by atoms with Gasteiger partial charge in [0.2, 0.25) is 0 Å². The number of carboxylic acids is 1. The summed E-state index contributed by atoms with van der Waals surface area (Å²) in [6, 6.07) is 11.5. The number of carbonyl (C=O) groups is 2. The van der Waals surface area contributed by atoms with Crippen molar-refractivity contribution in [1.29, 1.82) is 0 Å². The quantitative estimate of drug-likeness (QED) is 0.812. The molecule has 1 aromatic carbocycles. The summed E-state index contributed by atoms with van der Waals surface area (Å²) in [7, 11) is 0. The first-order valence-electron chi connectivity index (χ1n) is 10.5. The Labute approximate surface area is 169 Å². The van der Waals surface area contributed by atoms with Crippen molar-refractivity contribution in [3.05, 3.63) is 42.1 Å². The molecule has 3 aliphatic rings. The molecular weight excluding hydrogens is 368 g/mol. The van der Waals surface area contributed by atoms with Crippen molar-refractivity contribution in [3.8, 4) is 5.69 Å². The summed E-state index contributed by atoms with van der Waals surface area (Å²) in [5, 5.41) is 17.5. The van der Waals surface area contributed by atoms with Crippen LogP contribution in [0.2, 0.25) is 0 Å². The molecule has 1 aromatic heterocycles.